The van der Waals surface area contributed by atoms with Crippen molar-refractivity contribution in [2.24, 2.45) is 0 Å². The summed E-state index contributed by atoms with van der Waals surface area (Å²) in [6.07, 6.45) is 17.1. The lowest BCUT2D eigenvalue weighted by Crippen LogP contribution is -2.02. The van der Waals surface area contributed by atoms with Crippen molar-refractivity contribution >= 4 is 11.8 Å². The van der Waals surface area contributed by atoms with Gasteiger partial charge in [0.15, 0.2) is 0 Å². The van der Waals surface area contributed by atoms with Crippen molar-refractivity contribution in [3.63, 3.8) is 0 Å². The van der Waals surface area contributed by atoms with Gasteiger partial charge in [0.25, 0.3) is 0 Å². The van der Waals surface area contributed by atoms with Crippen LogP contribution in [0.15, 0.2) is 35.5 Å². The second-order valence-electron chi connectivity index (χ2n) is 4.95. The van der Waals surface area contributed by atoms with Gasteiger partial charge in [-0.3, -0.25) is 0 Å². The summed E-state index contributed by atoms with van der Waals surface area (Å²) in [5.74, 6) is 1.25. The highest BCUT2D eigenvalue weighted by atomic mass is 32.2. The maximum absolute atomic E-state index is 2.38. The molecule has 102 valence electrons. The molecule has 0 saturated carbocycles. The molecule has 0 aromatic carbocycles. The first-order valence-corrected chi connectivity index (χ1v) is 8.47. The fraction of sp³-hybridized carbons (Fsp3) is 0.647. The van der Waals surface area contributed by atoms with E-state index in [1.165, 1.54) is 49.0 Å². The predicted molar refractivity (Wildman–Crippen MR) is 86.3 cm³/mol. The molecule has 0 bridgehead atoms. The van der Waals surface area contributed by atoms with Gasteiger partial charge in [0.1, 0.15) is 0 Å². The quantitative estimate of drug-likeness (QED) is 0.610. The molecule has 0 amide bonds. The Morgan fingerprint density at radius 1 is 1.11 bits per heavy atom. The SMILES string of the molecule is CCSC1CC\C=C/C(CC)=C(C)\C=C\CCC1. The van der Waals surface area contributed by atoms with Gasteiger partial charge in [-0.25, -0.2) is 0 Å². The average molecular weight is 264 g/mol. The Hall–Kier alpha value is -0.430. The Kier molecular flexibility index (Phi) is 8.24. The van der Waals surface area contributed by atoms with Gasteiger partial charge < -0.3 is 0 Å². The molecule has 18 heavy (non-hydrogen) atoms. The van der Waals surface area contributed by atoms with Gasteiger partial charge in [-0.2, -0.15) is 11.8 Å². The fourth-order valence-electron chi connectivity index (χ4n) is 2.41. The van der Waals surface area contributed by atoms with E-state index in [0.29, 0.717) is 0 Å². The summed E-state index contributed by atoms with van der Waals surface area (Å²) in [4.78, 5) is 0. The monoisotopic (exact) mass is 264 g/mol. The Bertz CT molecular complexity index is 310. The molecule has 0 aliphatic heterocycles. The molecule has 1 aliphatic carbocycles. The van der Waals surface area contributed by atoms with Crippen LogP contribution in [-0.2, 0) is 0 Å². The summed E-state index contributed by atoms with van der Waals surface area (Å²) < 4.78 is 0. The van der Waals surface area contributed by atoms with Crippen LogP contribution in [0.5, 0.6) is 0 Å². The van der Waals surface area contributed by atoms with Crippen LogP contribution in [0, 0.1) is 0 Å². The molecule has 1 heteroatoms. The third-order valence-corrected chi connectivity index (χ3v) is 4.81. The van der Waals surface area contributed by atoms with Crippen LogP contribution < -0.4 is 0 Å². The van der Waals surface area contributed by atoms with Crippen molar-refractivity contribution in [3.8, 4) is 0 Å². The van der Waals surface area contributed by atoms with E-state index in [0.717, 1.165) is 11.7 Å². The van der Waals surface area contributed by atoms with Crippen molar-refractivity contribution in [1.82, 2.24) is 0 Å². The highest BCUT2D eigenvalue weighted by Crippen LogP contribution is 2.23. The first-order valence-electron chi connectivity index (χ1n) is 7.42. The number of rotatable bonds is 3. The largest absolute Gasteiger partial charge is 0.159 e. The van der Waals surface area contributed by atoms with Crippen LogP contribution in [-0.4, -0.2) is 11.0 Å². The first kappa shape index (κ1) is 15.6. The molecule has 1 rings (SSSR count). The zero-order chi connectivity index (χ0) is 13.2. The molecule has 1 aliphatic rings. The molecule has 0 nitrogen and oxygen atoms in total. The average Bonchev–Trinajstić information content (AvgIpc) is 2.36. The molecule has 0 N–H and O–H groups in total. The molecule has 0 fully saturated rings. The van der Waals surface area contributed by atoms with Crippen molar-refractivity contribution in [2.75, 3.05) is 5.75 Å². The van der Waals surface area contributed by atoms with Crippen LogP contribution >= 0.6 is 11.8 Å². The molecule has 0 spiro atoms. The van der Waals surface area contributed by atoms with E-state index >= 15 is 0 Å². The minimum atomic E-state index is 0.864. The summed E-state index contributed by atoms with van der Waals surface area (Å²) in [6.45, 7) is 6.76. The molecule has 0 saturated heterocycles. The minimum absolute atomic E-state index is 0.864. The third-order valence-electron chi connectivity index (χ3n) is 3.53. The van der Waals surface area contributed by atoms with Crippen LogP contribution in [0.25, 0.3) is 0 Å². The lowest BCUT2D eigenvalue weighted by Gasteiger charge is -2.14. The van der Waals surface area contributed by atoms with E-state index < -0.39 is 0 Å². The molecule has 0 radical (unpaired) electrons. The maximum atomic E-state index is 2.38. The van der Waals surface area contributed by atoms with Crippen molar-refractivity contribution in [2.45, 2.75) is 64.5 Å². The van der Waals surface area contributed by atoms with Gasteiger partial charge in [0.2, 0.25) is 0 Å². The van der Waals surface area contributed by atoms with E-state index in [-0.39, 0.29) is 0 Å². The second kappa shape index (κ2) is 9.49. The third kappa shape index (κ3) is 5.95. The van der Waals surface area contributed by atoms with Crippen molar-refractivity contribution in [3.05, 3.63) is 35.5 Å². The van der Waals surface area contributed by atoms with E-state index in [1.54, 1.807) is 0 Å². The van der Waals surface area contributed by atoms with Gasteiger partial charge in [-0.05, 0) is 62.3 Å². The first-order chi connectivity index (χ1) is 8.77. The maximum Gasteiger partial charge on any atom is 0.00500 e. The van der Waals surface area contributed by atoms with Gasteiger partial charge >= 0.3 is 0 Å². The molecule has 0 aromatic rings. The predicted octanol–water partition coefficient (Wildman–Crippen LogP) is 5.91. The summed E-state index contributed by atoms with van der Waals surface area (Å²) >= 11 is 2.14. The minimum Gasteiger partial charge on any atom is -0.159 e. The van der Waals surface area contributed by atoms with Gasteiger partial charge in [0.05, 0.1) is 0 Å². The van der Waals surface area contributed by atoms with Gasteiger partial charge in [-0.15, -0.1) is 0 Å². The Balaban J connectivity index is 2.68. The molecule has 0 heterocycles. The standard InChI is InChI=1S/C17H28S/c1-4-16-12-9-10-14-17(18-5-2)13-8-6-7-11-15(16)3/h7,9,11-12,17H,4-6,8,10,13-14H2,1-3H3/b11-7+,12-9-,16-15-. The van der Waals surface area contributed by atoms with Gasteiger partial charge in [-0.1, -0.05) is 38.2 Å². The van der Waals surface area contributed by atoms with Crippen molar-refractivity contribution < 1.29 is 0 Å². The summed E-state index contributed by atoms with van der Waals surface area (Å²) in [7, 11) is 0. The normalized spacial score (nSPS) is 30.3. The summed E-state index contributed by atoms with van der Waals surface area (Å²) in [5.41, 5.74) is 2.93. The van der Waals surface area contributed by atoms with E-state index in [1.807, 2.05) is 0 Å². The molecule has 1 unspecified atom stereocenters. The lowest BCUT2D eigenvalue weighted by atomic mass is 10.0. The highest BCUT2D eigenvalue weighted by Gasteiger charge is 2.07. The van der Waals surface area contributed by atoms with Crippen LogP contribution in [0.3, 0.4) is 0 Å². The van der Waals surface area contributed by atoms with E-state index in [9.17, 15) is 0 Å². The number of hydrogen-bond acceptors (Lipinski definition) is 1. The number of hydrogen-bond donors (Lipinski definition) is 0. The molecule has 0 aromatic heterocycles. The fourth-order valence-corrected chi connectivity index (χ4v) is 3.52. The lowest BCUT2D eigenvalue weighted by molar-refractivity contribution is 0.667. The highest BCUT2D eigenvalue weighted by molar-refractivity contribution is 7.99. The summed E-state index contributed by atoms with van der Waals surface area (Å²) in [5, 5.41) is 0.864. The second-order valence-corrected chi connectivity index (χ2v) is 6.53. The molecular formula is C17H28S. The van der Waals surface area contributed by atoms with Crippen LogP contribution in [0.1, 0.15) is 59.3 Å². The molecular weight excluding hydrogens is 236 g/mol. The number of allylic oxidation sites excluding steroid dienone is 6. The van der Waals surface area contributed by atoms with E-state index in [4.69, 9.17) is 0 Å². The summed E-state index contributed by atoms with van der Waals surface area (Å²) in [6, 6.07) is 0. The Morgan fingerprint density at radius 3 is 2.61 bits per heavy atom. The molecule has 1 atom stereocenters. The smallest absolute Gasteiger partial charge is 0.00500 e. The zero-order valence-corrected chi connectivity index (χ0v) is 13.1. The topological polar surface area (TPSA) is 0 Å². The van der Waals surface area contributed by atoms with Crippen molar-refractivity contribution in [1.29, 1.82) is 0 Å². The van der Waals surface area contributed by atoms with Gasteiger partial charge in [0, 0.05) is 5.25 Å². The number of thioether (sulfide) groups is 1. The van der Waals surface area contributed by atoms with Crippen LogP contribution in [0.2, 0.25) is 0 Å². The Morgan fingerprint density at radius 2 is 1.89 bits per heavy atom. The zero-order valence-electron chi connectivity index (χ0n) is 12.2. The van der Waals surface area contributed by atoms with E-state index in [2.05, 4.69) is 56.8 Å². The Labute approximate surface area is 118 Å². The van der Waals surface area contributed by atoms with Crippen LogP contribution in [0.4, 0.5) is 0 Å².